The molecule has 0 spiro atoms. The Morgan fingerprint density at radius 3 is 0.417 bits per heavy atom. The third-order valence-electron chi connectivity index (χ3n) is 17.8. The lowest BCUT2D eigenvalue weighted by Gasteiger charge is -2.33. The number of anilines is 18. The Balaban J connectivity index is 0.943. The maximum atomic E-state index is 2.43. The van der Waals surface area contributed by atoms with Gasteiger partial charge in [-0.05, 0) is 214 Å². The summed E-state index contributed by atoms with van der Waals surface area (Å²) in [6, 6.07) is 144. The van der Waals surface area contributed by atoms with Gasteiger partial charge in [-0.3, -0.25) is 0 Å². The quantitative estimate of drug-likeness (QED) is 0.0792. The van der Waals surface area contributed by atoms with Crippen LogP contribution < -0.4 is 29.4 Å². The van der Waals surface area contributed by atoms with Crippen LogP contribution in [0.15, 0.2) is 400 Å². The molecule has 16 rings (SSSR count). The molecular formula is C90H66N6. The Morgan fingerprint density at radius 2 is 0.240 bits per heavy atom. The molecule has 0 N–H and O–H groups in total. The summed E-state index contributed by atoms with van der Waals surface area (Å²) in [7, 11) is 0. The smallest absolute Gasteiger partial charge is 0.0503 e. The normalized spacial score (nSPS) is 11.1. The molecule has 0 saturated carbocycles. The third kappa shape index (κ3) is 11.6. The summed E-state index contributed by atoms with van der Waals surface area (Å²) in [4.78, 5) is 14.3. The predicted octanol–water partition coefficient (Wildman–Crippen LogP) is 26.0. The van der Waals surface area contributed by atoms with Crippen LogP contribution in [0.5, 0.6) is 0 Å². The van der Waals surface area contributed by atoms with Crippen LogP contribution in [0, 0.1) is 0 Å². The van der Waals surface area contributed by atoms with Gasteiger partial charge >= 0.3 is 0 Å². The van der Waals surface area contributed by atoms with Crippen LogP contribution in [0.1, 0.15) is 0 Å². The number of nitrogens with zero attached hydrogens (tertiary/aromatic N) is 6. The van der Waals surface area contributed by atoms with Crippen LogP contribution in [0.25, 0.3) is 32.3 Å². The highest BCUT2D eigenvalue weighted by atomic mass is 15.2. The Bertz CT molecular complexity index is 4590. The van der Waals surface area contributed by atoms with E-state index in [1.54, 1.807) is 0 Å². The molecule has 6 heteroatoms. The standard InChI is InChI=1S/C90H66N6/c1-11-33-67(34-12-1)91(68-35-13-2-14-36-68)79-59-80(92(69-37-15-3-16-38-69)70-39-17-4-18-40-70)62-83(61-79)95(75-49-27-9-28-50-75)77-55-57-87-85-53-31-32-54-86(85)88-58-56-78(66-90(88)89(87)65-77)96(76-51-29-10-30-52-76)84-63-81(93(71-41-19-5-20-42-71)72-43-21-6-22-44-72)60-82(64-84)94(73-45-23-7-24-46-73)74-47-25-8-26-48-74/h1-66H. The largest absolute Gasteiger partial charge is 0.310 e. The second-order valence-corrected chi connectivity index (χ2v) is 23.8. The van der Waals surface area contributed by atoms with E-state index in [1.165, 1.54) is 21.5 Å². The van der Waals surface area contributed by atoms with E-state index in [0.29, 0.717) is 0 Å². The first-order valence-electron chi connectivity index (χ1n) is 32.6. The van der Waals surface area contributed by atoms with Crippen LogP contribution in [0.3, 0.4) is 0 Å². The van der Waals surface area contributed by atoms with Crippen molar-refractivity contribution in [2.75, 3.05) is 29.4 Å². The fourth-order valence-corrected chi connectivity index (χ4v) is 13.6. The summed E-state index contributed by atoms with van der Waals surface area (Å²) in [6.45, 7) is 0. The Labute approximate surface area is 561 Å². The maximum Gasteiger partial charge on any atom is 0.0503 e. The molecular weight excluding hydrogens is 1170 g/mol. The summed E-state index contributed by atoms with van der Waals surface area (Å²) in [5, 5.41) is 6.98. The maximum absolute atomic E-state index is 2.43. The highest BCUT2D eigenvalue weighted by molar-refractivity contribution is 6.26. The summed E-state index contributed by atoms with van der Waals surface area (Å²) in [5.74, 6) is 0. The van der Waals surface area contributed by atoms with Crippen molar-refractivity contribution in [1.29, 1.82) is 0 Å². The Hall–Kier alpha value is -12.9. The minimum atomic E-state index is 0.985. The van der Waals surface area contributed by atoms with Crippen LogP contribution in [0.2, 0.25) is 0 Å². The van der Waals surface area contributed by atoms with Gasteiger partial charge in [0.15, 0.2) is 0 Å². The number of hydrogen-bond donors (Lipinski definition) is 0. The van der Waals surface area contributed by atoms with Gasteiger partial charge in [0.2, 0.25) is 0 Å². The second kappa shape index (κ2) is 26.4. The first-order chi connectivity index (χ1) is 47.6. The van der Waals surface area contributed by atoms with Gasteiger partial charge in [0.1, 0.15) is 0 Å². The zero-order valence-corrected chi connectivity index (χ0v) is 52.8. The summed E-state index contributed by atoms with van der Waals surface area (Å²) < 4.78 is 0. The molecule has 0 amide bonds. The molecule has 0 unspecified atom stereocenters. The first kappa shape index (κ1) is 58.2. The number of rotatable bonds is 18. The third-order valence-corrected chi connectivity index (χ3v) is 17.8. The van der Waals surface area contributed by atoms with Gasteiger partial charge in [-0.15, -0.1) is 0 Å². The van der Waals surface area contributed by atoms with E-state index < -0.39 is 0 Å². The van der Waals surface area contributed by atoms with E-state index >= 15 is 0 Å². The molecule has 0 aliphatic carbocycles. The lowest BCUT2D eigenvalue weighted by atomic mass is 9.93. The molecule has 0 saturated heterocycles. The molecule has 16 aromatic carbocycles. The molecule has 456 valence electrons. The molecule has 0 aliphatic heterocycles. The molecule has 96 heavy (non-hydrogen) atoms. The fourth-order valence-electron chi connectivity index (χ4n) is 13.6. The van der Waals surface area contributed by atoms with E-state index in [0.717, 1.165) is 113 Å². The SMILES string of the molecule is c1ccc(N(c2ccccc2)c2cc(N(c3ccccc3)c3ccccc3)cc(N(c3ccccc3)c3ccc4c5ccccc5c5ccc(N(c6ccccc6)c6cc(N(c7ccccc7)c7ccccc7)cc(N(c7ccccc7)c7ccccc7)c6)cc5c4c3)c2)cc1. The summed E-state index contributed by atoms with van der Waals surface area (Å²) >= 11 is 0. The molecule has 6 nitrogen and oxygen atoms in total. The highest BCUT2D eigenvalue weighted by Gasteiger charge is 2.26. The lowest BCUT2D eigenvalue weighted by molar-refractivity contribution is 1.22. The van der Waals surface area contributed by atoms with Crippen molar-refractivity contribution >= 4 is 135 Å². The van der Waals surface area contributed by atoms with E-state index in [1.807, 2.05) is 0 Å². The highest BCUT2D eigenvalue weighted by Crippen LogP contribution is 2.50. The van der Waals surface area contributed by atoms with Crippen LogP contribution in [0.4, 0.5) is 102 Å². The lowest BCUT2D eigenvalue weighted by Crippen LogP contribution is -2.16. The molecule has 16 aromatic rings. The number of hydrogen-bond acceptors (Lipinski definition) is 6. The van der Waals surface area contributed by atoms with Crippen molar-refractivity contribution < 1.29 is 0 Å². The van der Waals surface area contributed by atoms with Crippen LogP contribution in [-0.4, -0.2) is 0 Å². The Morgan fingerprint density at radius 1 is 0.0938 bits per heavy atom. The Kier molecular flexibility index (Phi) is 16.0. The monoisotopic (exact) mass is 1230 g/mol. The van der Waals surface area contributed by atoms with Crippen LogP contribution in [-0.2, 0) is 0 Å². The molecule has 0 heterocycles. The minimum absolute atomic E-state index is 0.985. The van der Waals surface area contributed by atoms with Crippen molar-refractivity contribution in [3.8, 4) is 0 Å². The van der Waals surface area contributed by atoms with E-state index in [9.17, 15) is 0 Å². The van der Waals surface area contributed by atoms with Crippen molar-refractivity contribution in [1.82, 2.24) is 0 Å². The molecule has 0 aliphatic rings. The molecule has 0 bridgehead atoms. The summed E-state index contributed by atoms with van der Waals surface area (Å²) in [6.07, 6.45) is 0. The van der Waals surface area contributed by atoms with Crippen molar-refractivity contribution in [2.45, 2.75) is 0 Å². The van der Waals surface area contributed by atoms with Crippen LogP contribution >= 0.6 is 0 Å². The minimum Gasteiger partial charge on any atom is -0.310 e. The molecule has 0 radical (unpaired) electrons. The van der Waals surface area contributed by atoms with Gasteiger partial charge in [0, 0.05) is 68.2 Å². The summed E-state index contributed by atoms with van der Waals surface area (Å²) in [5.41, 5.74) is 18.4. The van der Waals surface area contributed by atoms with Crippen molar-refractivity contribution in [2.24, 2.45) is 0 Å². The van der Waals surface area contributed by atoms with Gasteiger partial charge in [0.05, 0.1) is 34.1 Å². The molecule has 0 fully saturated rings. The van der Waals surface area contributed by atoms with Gasteiger partial charge in [-0.1, -0.05) is 218 Å². The van der Waals surface area contributed by atoms with E-state index in [-0.39, 0.29) is 0 Å². The average molecular weight is 1230 g/mol. The van der Waals surface area contributed by atoms with Crippen molar-refractivity contribution in [3.63, 3.8) is 0 Å². The number of benzene rings is 16. The topological polar surface area (TPSA) is 19.4 Å². The van der Waals surface area contributed by atoms with E-state index in [2.05, 4.69) is 430 Å². The van der Waals surface area contributed by atoms with Gasteiger partial charge in [0.25, 0.3) is 0 Å². The average Bonchev–Trinajstić information content (AvgIpc) is 0.758. The predicted molar refractivity (Wildman–Crippen MR) is 407 cm³/mol. The zero-order valence-electron chi connectivity index (χ0n) is 52.8. The van der Waals surface area contributed by atoms with Crippen molar-refractivity contribution in [3.05, 3.63) is 400 Å². The molecule has 0 atom stereocenters. The van der Waals surface area contributed by atoms with Gasteiger partial charge in [-0.25, -0.2) is 0 Å². The molecule has 0 aromatic heterocycles. The van der Waals surface area contributed by atoms with Gasteiger partial charge in [-0.2, -0.15) is 0 Å². The van der Waals surface area contributed by atoms with Gasteiger partial charge < -0.3 is 29.4 Å². The zero-order chi connectivity index (χ0) is 64.0. The first-order valence-corrected chi connectivity index (χ1v) is 32.6. The number of para-hydroxylation sites is 10. The fraction of sp³-hybridized carbons (Fsp3) is 0. The van der Waals surface area contributed by atoms with E-state index in [4.69, 9.17) is 0 Å². The second-order valence-electron chi connectivity index (χ2n) is 23.8. The number of fused-ring (bicyclic) bond motifs is 6.